The average Bonchev–Trinajstić information content (AvgIpc) is 2.27. The molecule has 0 aromatic heterocycles. The predicted octanol–water partition coefficient (Wildman–Crippen LogP) is 2.82. The van der Waals surface area contributed by atoms with E-state index >= 15 is 0 Å². The number of ether oxygens (including phenoxy) is 1. The minimum absolute atomic E-state index is 0.239. The number of nitrogens with zero attached hydrogens (tertiary/aromatic N) is 1. The minimum Gasteiger partial charge on any atom is -0.486 e. The van der Waals surface area contributed by atoms with Crippen LogP contribution in [0.25, 0.3) is 0 Å². The topological polar surface area (TPSA) is 38.5 Å². The van der Waals surface area contributed by atoms with Crippen molar-refractivity contribution in [2.45, 2.75) is 26.4 Å². The second kappa shape index (κ2) is 4.70. The lowest BCUT2D eigenvalue weighted by atomic mass is 10.1. The number of fused-ring (bicyclic) bond motifs is 1. The molecule has 1 heterocycles. The number of para-hydroxylation sites is 1. The molecule has 1 atom stereocenters. The highest BCUT2D eigenvalue weighted by Gasteiger charge is 2.26. The molecule has 3 heteroatoms. The van der Waals surface area contributed by atoms with Gasteiger partial charge in [0.25, 0.3) is 0 Å². The molecule has 3 nitrogen and oxygen atoms in total. The molecule has 0 fully saturated rings. The Hall–Kier alpha value is -1.64. The van der Waals surface area contributed by atoms with E-state index in [0.717, 1.165) is 42.2 Å². The van der Waals surface area contributed by atoms with Gasteiger partial charge in [0.2, 0.25) is 0 Å². The van der Waals surface area contributed by atoms with Crippen LogP contribution in [0.1, 0.15) is 20.3 Å². The molecule has 1 unspecified atom stereocenters. The maximum atomic E-state index is 6.04. The SMILES string of the molecule is C=C(C)CN1CC(CC)Oc2cccc(N)c21. The number of nitrogen functional groups attached to an aromatic ring is 1. The molecule has 1 aliphatic heterocycles. The number of hydrogen-bond acceptors (Lipinski definition) is 3. The van der Waals surface area contributed by atoms with Crippen LogP contribution >= 0.6 is 0 Å². The summed E-state index contributed by atoms with van der Waals surface area (Å²) < 4.78 is 5.92. The van der Waals surface area contributed by atoms with Crippen molar-refractivity contribution in [1.82, 2.24) is 0 Å². The van der Waals surface area contributed by atoms with Gasteiger partial charge in [0, 0.05) is 6.54 Å². The van der Waals surface area contributed by atoms with Gasteiger partial charge < -0.3 is 15.4 Å². The van der Waals surface area contributed by atoms with Crippen molar-refractivity contribution < 1.29 is 4.74 Å². The van der Waals surface area contributed by atoms with E-state index in [4.69, 9.17) is 10.5 Å². The predicted molar refractivity (Wildman–Crippen MR) is 72.6 cm³/mol. The molecule has 1 aliphatic rings. The minimum atomic E-state index is 0.239. The van der Waals surface area contributed by atoms with E-state index in [1.54, 1.807) is 0 Å². The van der Waals surface area contributed by atoms with Crippen molar-refractivity contribution >= 4 is 11.4 Å². The second-order valence-electron chi connectivity index (χ2n) is 4.68. The second-order valence-corrected chi connectivity index (χ2v) is 4.68. The van der Waals surface area contributed by atoms with Crippen molar-refractivity contribution in [3.63, 3.8) is 0 Å². The van der Waals surface area contributed by atoms with Gasteiger partial charge in [-0.2, -0.15) is 0 Å². The third-order valence-electron chi connectivity index (χ3n) is 2.98. The van der Waals surface area contributed by atoms with Crippen LogP contribution in [0.2, 0.25) is 0 Å². The van der Waals surface area contributed by atoms with E-state index in [0.29, 0.717) is 0 Å². The fraction of sp³-hybridized carbons (Fsp3) is 0.429. The van der Waals surface area contributed by atoms with E-state index in [1.165, 1.54) is 0 Å². The molecular formula is C14H20N2O. The Balaban J connectivity index is 2.37. The quantitative estimate of drug-likeness (QED) is 0.643. The average molecular weight is 232 g/mol. The van der Waals surface area contributed by atoms with Crippen molar-refractivity contribution in [2.24, 2.45) is 0 Å². The summed E-state index contributed by atoms with van der Waals surface area (Å²) >= 11 is 0. The smallest absolute Gasteiger partial charge is 0.145 e. The van der Waals surface area contributed by atoms with E-state index in [9.17, 15) is 0 Å². The van der Waals surface area contributed by atoms with Gasteiger partial charge in [-0.3, -0.25) is 0 Å². The molecule has 0 saturated heterocycles. The molecule has 0 radical (unpaired) electrons. The van der Waals surface area contributed by atoms with Crippen LogP contribution in [0.15, 0.2) is 30.4 Å². The van der Waals surface area contributed by atoms with Gasteiger partial charge in [-0.05, 0) is 25.5 Å². The Labute approximate surface area is 103 Å². The van der Waals surface area contributed by atoms with Gasteiger partial charge in [-0.1, -0.05) is 25.1 Å². The van der Waals surface area contributed by atoms with Crippen LogP contribution < -0.4 is 15.4 Å². The Morgan fingerprint density at radius 2 is 2.35 bits per heavy atom. The van der Waals surface area contributed by atoms with E-state index in [-0.39, 0.29) is 6.10 Å². The lowest BCUT2D eigenvalue weighted by Gasteiger charge is -2.37. The zero-order chi connectivity index (χ0) is 12.4. The molecule has 1 aromatic carbocycles. The number of benzene rings is 1. The Morgan fingerprint density at radius 3 is 3.00 bits per heavy atom. The highest BCUT2D eigenvalue weighted by atomic mass is 16.5. The third kappa shape index (κ3) is 2.38. The summed E-state index contributed by atoms with van der Waals surface area (Å²) in [5, 5.41) is 0. The molecule has 1 aromatic rings. The molecule has 17 heavy (non-hydrogen) atoms. The summed E-state index contributed by atoms with van der Waals surface area (Å²) in [5.41, 5.74) is 8.97. The van der Waals surface area contributed by atoms with Gasteiger partial charge in [-0.25, -0.2) is 0 Å². The van der Waals surface area contributed by atoms with Crippen molar-refractivity contribution in [3.05, 3.63) is 30.4 Å². The van der Waals surface area contributed by atoms with Crippen LogP contribution in [0.3, 0.4) is 0 Å². The third-order valence-corrected chi connectivity index (χ3v) is 2.98. The molecule has 0 amide bonds. The summed E-state index contributed by atoms with van der Waals surface area (Å²) in [6.45, 7) is 9.87. The zero-order valence-corrected chi connectivity index (χ0v) is 10.6. The van der Waals surface area contributed by atoms with Crippen molar-refractivity contribution in [1.29, 1.82) is 0 Å². The lowest BCUT2D eigenvalue weighted by Crippen LogP contribution is -2.40. The normalized spacial score (nSPS) is 18.5. The maximum Gasteiger partial charge on any atom is 0.145 e. The summed E-state index contributed by atoms with van der Waals surface area (Å²) in [4.78, 5) is 2.27. The molecule has 2 N–H and O–H groups in total. The zero-order valence-electron chi connectivity index (χ0n) is 10.6. The summed E-state index contributed by atoms with van der Waals surface area (Å²) in [7, 11) is 0. The van der Waals surface area contributed by atoms with Gasteiger partial charge in [0.15, 0.2) is 0 Å². The first-order chi connectivity index (χ1) is 8.11. The van der Waals surface area contributed by atoms with Crippen LogP contribution in [0.4, 0.5) is 11.4 Å². The first-order valence-corrected chi connectivity index (χ1v) is 6.06. The summed E-state index contributed by atoms with van der Waals surface area (Å²) in [6.07, 6.45) is 1.24. The number of rotatable bonds is 3. The molecular weight excluding hydrogens is 212 g/mol. The first kappa shape index (κ1) is 11.8. The highest BCUT2D eigenvalue weighted by Crippen LogP contribution is 2.38. The van der Waals surface area contributed by atoms with E-state index in [1.807, 2.05) is 25.1 Å². The largest absolute Gasteiger partial charge is 0.486 e. The fourth-order valence-electron chi connectivity index (χ4n) is 2.21. The fourth-order valence-corrected chi connectivity index (χ4v) is 2.21. The van der Waals surface area contributed by atoms with Gasteiger partial charge >= 0.3 is 0 Å². The van der Waals surface area contributed by atoms with Crippen LogP contribution in [-0.4, -0.2) is 19.2 Å². The standard InChI is InChI=1S/C14H20N2O/c1-4-11-9-16(8-10(2)3)14-12(15)6-5-7-13(14)17-11/h5-7,11H,2,4,8-9,15H2,1,3H3. The van der Waals surface area contributed by atoms with Crippen molar-refractivity contribution in [2.75, 3.05) is 23.7 Å². The molecule has 0 saturated carbocycles. The highest BCUT2D eigenvalue weighted by molar-refractivity contribution is 5.76. The molecule has 2 rings (SSSR count). The Kier molecular flexibility index (Phi) is 3.27. The monoisotopic (exact) mass is 232 g/mol. The van der Waals surface area contributed by atoms with E-state index < -0.39 is 0 Å². The van der Waals surface area contributed by atoms with Gasteiger partial charge in [0.1, 0.15) is 17.5 Å². The molecule has 0 bridgehead atoms. The first-order valence-electron chi connectivity index (χ1n) is 6.06. The molecule has 0 spiro atoms. The number of anilines is 2. The molecule has 0 aliphatic carbocycles. The van der Waals surface area contributed by atoms with Gasteiger partial charge in [0.05, 0.1) is 12.2 Å². The Bertz CT molecular complexity index is 428. The maximum absolute atomic E-state index is 6.04. The van der Waals surface area contributed by atoms with E-state index in [2.05, 4.69) is 18.4 Å². The van der Waals surface area contributed by atoms with Gasteiger partial charge in [-0.15, -0.1) is 0 Å². The van der Waals surface area contributed by atoms with Crippen LogP contribution in [0.5, 0.6) is 5.75 Å². The van der Waals surface area contributed by atoms with Crippen molar-refractivity contribution in [3.8, 4) is 5.75 Å². The summed E-state index contributed by atoms with van der Waals surface area (Å²) in [5.74, 6) is 0.893. The molecule has 92 valence electrons. The number of nitrogens with two attached hydrogens (primary N) is 1. The Morgan fingerprint density at radius 1 is 1.59 bits per heavy atom. The summed E-state index contributed by atoms with van der Waals surface area (Å²) in [6, 6.07) is 5.84. The van der Waals surface area contributed by atoms with Crippen LogP contribution in [-0.2, 0) is 0 Å². The van der Waals surface area contributed by atoms with Crippen LogP contribution in [0, 0.1) is 0 Å². The lowest BCUT2D eigenvalue weighted by molar-refractivity contribution is 0.190. The number of hydrogen-bond donors (Lipinski definition) is 1.